The van der Waals surface area contributed by atoms with Gasteiger partial charge >= 0.3 is 5.97 Å². The molecule has 1 aliphatic heterocycles. The lowest BCUT2D eigenvalue weighted by molar-refractivity contribution is 0.0693. The predicted octanol–water partition coefficient (Wildman–Crippen LogP) is 2.60. The van der Waals surface area contributed by atoms with E-state index in [1.54, 1.807) is 12.1 Å². The minimum absolute atomic E-state index is 0.103. The van der Waals surface area contributed by atoms with Gasteiger partial charge in [-0.2, -0.15) is 0 Å². The molecule has 0 radical (unpaired) electrons. The van der Waals surface area contributed by atoms with Gasteiger partial charge in [-0.3, -0.25) is 4.79 Å². The number of aromatic carboxylic acids is 1. The van der Waals surface area contributed by atoms with Crippen molar-refractivity contribution in [2.75, 3.05) is 30.4 Å². The number of likely N-dealkylation sites (N-methyl/N-ethyl adjacent to an activating group) is 1. The number of hydrogen-bond acceptors (Lipinski definition) is 4. The number of carboxylic acids is 1. The first-order chi connectivity index (χ1) is 11.5. The number of benzene rings is 2. The van der Waals surface area contributed by atoms with Crippen LogP contribution in [0, 0.1) is 5.82 Å². The molecule has 0 atom stereocenters. The van der Waals surface area contributed by atoms with E-state index in [2.05, 4.69) is 5.32 Å². The number of carbonyl (C=O) groups is 2. The van der Waals surface area contributed by atoms with Crippen LogP contribution in [-0.2, 0) is 0 Å². The van der Waals surface area contributed by atoms with Crippen LogP contribution < -0.4 is 15.0 Å². The molecule has 124 valence electrons. The van der Waals surface area contributed by atoms with Crippen molar-refractivity contribution < 1.29 is 23.8 Å². The zero-order valence-corrected chi connectivity index (χ0v) is 12.9. The van der Waals surface area contributed by atoms with Crippen molar-refractivity contribution in [3.63, 3.8) is 0 Å². The number of ether oxygens (including phenoxy) is 1. The van der Waals surface area contributed by atoms with Crippen LogP contribution in [0.15, 0.2) is 36.4 Å². The highest BCUT2D eigenvalue weighted by molar-refractivity contribution is 6.10. The second kappa shape index (κ2) is 6.19. The van der Waals surface area contributed by atoms with Crippen LogP contribution in [-0.4, -0.2) is 37.2 Å². The molecule has 1 heterocycles. The Morgan fingerprint density at radius 1 is 1.25 bits per heavy atom. The highest BCUT2D eigenvalue weighted by Gasteiger charge is 2.24. The van der Waals surface area contributed by atoms with Gasteiger partial charge < -0.3 is 20.1 Å². The Morgan fingerprint density at radius 2 is 2.00 bits per heavy atom. The summed E-state index contributed by atoms with van der Waals surface area (Å²) in [6, 6.07) is 8.82. The largest absolute Gasteiger partial charge is 0.489 e. The molecule has 0 aromatic heterocycles. The third-order valence-corrected chi connectivity index (χ3v) is 3.80. The number of carbonyl (C=O) groups excluding carboxylic acids is 1. The number of fused-ring (bicyclic) bond motifs is 1. The van der Waals surface area contributed by atoms with Gasteiger partial charge in [0.1, 0.15) is 18.0 Å². The van der Waals surface area contributed by atoms with E-state index < -0.39 is 23.3 Å². The summed E-state index contributed by atoms with van der Waals surface area (Å²) >= 11 is 0. The average Bonchev–Trinajstić information content (AvgIpc) is 2.54. The molecule has 0 saturated heterocycles. The average molecular weight is 330 g/mol. The Kier molecular flexibility index (Phi) is 4.07. The summed E-state index contributed by atoms with van der Waals surface area (Å²) in [5.41, 5.74) is 0.356. The molecule has 7 heteroatoms. The Bertz CT molecular complexity index is 822. The molecule has 2 N–H and O–H groups in total. The van der Waals surface area contributed by atoms with Gasteiger partial charge in [-0.1, -0.05) is 12.1 Å². The molecule has 2 aromatic carbocycles. The maximum absolute atomic E-state index is 13.7. The summed E-state index contributed by atoms with van der Waals surface area (Å²) in [6.45, 7) is 1.14. The number of carboxylic acid groups (broad SMARTS) is 1. The second-order valence-electron chi connectivity index (χ2n) is 5.35. The summed E-state index contributed by atoms with van der Waals surface area (Å²) in [4.78, 5) is 25.7. The van der Waals surface area contributed by atoms with Crippen LogP contribution >= 0.6 is 0 Å². The van der Waals surface area contributed by atoms with E-state index in [1.807, 2.05) is 18.0 Å². The van der Waals surface area contributed by atoms with Gasteiger partial charge in [0, 0.05) is 7.05 Å². The molecule has 0 saturated carbocycles. The highest BCUT2D eigenvalue weighted by Crippen LogP contribution is 2.34. The summed E-state index contributed by atoms with van der Waals surface area (Å²) in [5.74, 6) is -2.49. The van der Waals surface area contributed by atoms with Crippen LogP contribution in [0.3, 0.4) is 0 Å². The third-order valence-electron chi connectivity index (χ3n) is 3.80. The Morgan fingerprint density at radius 3 is 2.75 bits per heavy atom. The monoisotopic (exact) mass is 330 g/mol. The highest BCUT2D eigenvalue weighted by atomic mass is 19.1. The number of para-hydroxylation sites is 1. The smallest absolute Gasteiger partial charge is 0.340 e. The molecule has 0 spiro atoms. The first-order valence-electron chi connectivity index (χ1n) is 7.29. The summed E-state index contributed by atoms with van der Waals surface area (Å²) < 4.78 is 19.3. The number of hydrogen-bond donors (Lipinski definition) is 2. The molecular weight excluding hydrogens is 315 g/mol. The van der Waals surface area contributed by atoms with Gasteiger partial charge in [0.05, 0.1) is 23.5 Å². The summed E-state index contributed by atoms with van der Waals surface area (Å²) in [6.07, 6.45) is 0. The maximum atomic E-state index is 13.7. The molecule has 0 aliphatic carbocycles. The molecule has 0 unspecified atom stereocenters. The molecule has 1 aliphatic rings. The summed E-state index contributed by atoms with van der Waals surface area (Å²) in [5, 5.41) is 11.6. The molecular formula is C17H15FN2O4. The molecule has 3 rings (SSSR count). The fraction of sp³-hybridized carbons (Fsp3) is 0.176. The number of rotatable bonds is 3. The lowest BCUT2D eigenvalue weighted by Gasteiger charge is -2.28. The van der Waals surface area contributed by atoms with Gasteiger partial charge in [-0.25, -0.2) is 9.18 Å². The van der Waals surface area contributed by atoms with Crippen molar-refractivity contribution in [3.05, 3.63) is 53.3 Å². The quantitative estimate of drug-likeness (QED) is 0.904. The van der Waals surface area contributed by atoms with Crippen molar-refractivity contribution in [1.82, 2.24) is 0 Å². The first-order valence-corrected chi connectivity index (χ1v) is 7.29. The van der Waals surface area contributed by atoms with Crippen molar-refractivity contribution in [2.24, 2.45) is 0 Å². The standard InChI is InChI=1S/C17H15FN2O4/c1-20-8-9-24-15-10(4-2-7-13(15)20)16(21)19-12-6-3-5-11(18)14(12)17(22)23/h2-7H,8-9H2,1H3,(H,19,21)(H,22,23). The molecule has 6 nitrogen and oxygen atoms in total. The van der Waals surface area contributed by atoms with Crippen molar-refractivity contribution in [3.8, 4) is 5.75 Å². The number of halogens is 1. The number of nitrogens with one attached hydrogen (secondary N) is 1. The van der Waals surface area contributed by atoms with E-state index >= 15 is 0 Å². The third kappa shape index (κ3) is 2.76. The van der Waals surface area contributed by atoms with E-state index in [4.69, 9.17) is 9.84 Å². The van der Waals surface area contributed by atoms with Crippen LogP contribution in [0.2, 0.25) is 0 Å². The van der Waals surface area contributed by atoms with Crippen molar-refractivity contribution in [2.45, 2.75) is 0 Å². The SMILES string of the molecule is CN1CCOc2c(C(=O)Nc3cccc(F)c3C(=O)O)cccc21. The first kappa shape index (κ1) is 15.8. The molecule has 2 aromatic rings. The zero-order valence-electron chi connectivity index (χ0n) is 12.9. The van der Waals surface area contributed by atoms with Gasteiger partial charge in [0.15, 0.2) is 5.75 Å². The van der Waals surface area contributed by atoms with Crippen LogP contribution in [0.25, 0.3) is 0 Å². The van der Waals surface area contributed by atoms with E-state index in [1.165, 1.54) is 12.1 Å². The van der Waals surface area contributed by atoms with Crippen molar-refractivity contribution in [1.29, 1.82) is 0 Å². The van der Waals surface area contributed by atoms with Crippen LogP contribution in [0.5, 0.6) is 5.75 Å². The van der Waals surface area contributed by atoms with Crippen molar-refractivity contribution >= 4 is 23.3 Å². The fourth-order valence-electron chi connectivity index (χ4n) is 2.60. The fourth-order valence-corrected chi connectivity index (χ4v) is 2.60. The lowest BCUT2D eigenvalue weighted by Crippen LogP contribution is -2.30. The van der Waals surface area contributed by atoms with Gasteiger partial charge in [0.2, 0.25) is 0 Å². The minimum atomic E-state index is -1.45. The maximum Gasteiger partial charge on any atom is 0.340 e. The molecule has 1 amide bonds. The van der Waals surface area contributed by atoms with E-state index in [0.29, 0.717) is 18.9 Å². The number of amides is 1. The molecule has 0 fully saturated rings. The van der Waals surface area contributed by atoms with Crippen LogP contribution in [0.4, 0.5) is 15.8 Å². The van der Waals surface area contributed by atoms with E-state index in [-0.39, 0.29) is 11.3 Å². The predicted molar refractivity (Wildman–Crippen MR) is 86.5 cm³/mol. The Balaban J connectivity index is 1.97. The van der Waals surface area contributed by atoms with E-state index in [9.17, 15) is 14.0 Å². The number of anilines is 2. The number of nitrogens with zero attached hydrogens (tertiary/aromatic N) is 1. The van der Waals surface area contributed by atoms with Gasteiger partial charge in [0.25, 0.3) is 5.91 Å². The normalized spacial score (nSPS) is 13.0. The Labute approximate surface area is 137 Å². The molecule has 0 bridgehead atoms. The topological polar surface area (TPSA) is 78.9 Å². The Hall–Kier alpha value is -3.09. The second-order valence-corrected chi connectivity index (χ2v) is 5.35. The minimum Gasteiger partial charge on any atom is -0.489 e. The zero-order chi connectivity index (χ0) is 17.3. The molecule has 24 heavy (non-hydrogen) atoms. The van der Waals surface area contributed by atoms with Gasteiger partial charge in [-0.05, 0) is 24.3 Å². The van der Waals surface area contributed by atoms with Gasteiger partial charge in [-0.15, -0.1) is 0 Å². The van der Waals surface area contributed by atoms with E-state index in [0.717, 1.165) is 11.8 Å². The van der Waals surface area contributed by atoms with Crippen LogP contribution in [0.1, 0.15) is 20.7 Å². The summed E-state index contributed by atoms with van der Waals surface area (Å²) in [7, 11) is 1.89. The lowest BCUT2D eigenvalue weighted by atomic mass is 10.1.